The second kappa shape index (κ2) is 6.51. The smallest absolute Gasteiger partial charge is 0.256 e. The van der Waals surface area contributed by atoms with Crippen molar-refractivity contribution in [2.45, 2.75) is 0 Å². The van der Waals surface area contributed by atoms with Crippen molar-refractivity contribution in [1.29, 1.82) is 0 Å². The van der Waals surface area contributed by atoms with Crippen LogP contribution in [-0.4, -0.2) is 11.0 Å². The zero-order valence-corrected chi connectivity index (χ0v) is 15.0. The third kappa shape index (κ3) is 3.58. The lowest BCUT2D eigenvalue weighted by molar-refractivity contribution is 0.102. The van der Waals surface area contributed by atoms with Crippen LogP contribution in [0.3, 0.4) is 0 Å². The molecule has 0 bridgehead atoms. The van der Waals surface area contributed by atoms with E-state index in [1.807, 2.05) is 6.07 Å². The maximum atomic E-state index is 12.2. The van der Waals surface area contributed by atoms with Gasteiger partial charge in [0.25, 0.3) is 5.91 Å². The summed E-state index contributed by atoms with van der Waals surface area (Å²) in [7, 11) is 0. The van der Waals surface area contributed by atoms with Crippen LogP contribution in [0.15, 0.2) is 34.8 Å². The molecule has 0 heterocycles. The molecular formula is C13H7BrCl2INO2. The van der Waals surface area contributed by atoms with Crippen molar-refractivity contribution in [2.24, 2.45) is 0 Å². The molecule has 1 amide bonds. The highest BCUT2D eigenvalue weighted by Gasteiger charge is 2.15. The highest BCUT2D eigenvalue weighted by Crippen LogP contribution is 2.35. The Bertz CT molecular complexity index is 694. The Morgan fingerprint density at radius 2 is 1.95 bits per heavy atom. The molecule has 0 fully saturated rings. The molecule has 7 heteroatoms. The lowest BCUT2D eigenvalue weighted by Crippen LogP contribution is -2.13. The summed E-state index contributed by atoms with van der Waals surface area (Å²) in [4.78, 5) is 12.2. The highest BCUT2D eigenvalue weighted by atomic mass is 127. The van der Waals surface area contributed by atoms with E-state index in [4.69, 9.17) is 23.2 Å². The standard InChI is InChI=1S/C13H7BrCl2INO2/c14-9-2-1-7(17)5-8(9)13(20)18-11-4-6(15)3-10(16)12(11)19/h1-5,19H,(H,18,20). The van der Waals surface area contributed by atoms with E-state index in [1.54, 1.807) is 12.1 Å². The summed E-state index contributed by atoms with van der Waals surface area (Å²) in [6, 6.07) is 8.21. The van der Waals surface area contributed by atoms with Gasteiger partial charge in [-0.25, -0.2) is 0 Å². The molecule has 0 saturated heterocycles. The zero-order chi connectivity index (χ0) is 14.9. The first kappa shape index (κ1) is 15.9. The van der Waals surface area contributed by atoms with Crippen LogP contribution in [0.2, 0.25) is 10.0 Å². The Labute approximate surface area is 147 Å². The number of nitrogens with one attached hydrogen (secondary N) is 1. The number of rotatable bonds is 2. The van der Waals surface area contributed by atoms with Gasteiger partial charge in [-0.05, 0) is 68.9 Å². The van der Waals surface area contributed by atoms with E-state index in [2.05, 4.69) is 43.8 Å². The predicted octanol–water partition coefficient (Wildman–Crippen LogP) is 5.32. The van der Waals surface area contributed by atoms with Crippen LogP contribution >= 0.6 is 61.7 Å². The number of hydrogen-bond donors (Lipinski definition) is 2. The molecule has 0 spiro atoms. The maximum Gasteiger partial charge on any atom is 0.256 e. The van der Waals surface area contributed by atoms with Crippen molar-refractivity contribution in [2.75, 3.05) is 5.32 Å². The average Bonchev–Trinajstić information content (AvgIpc) is 2.38. The normalized spacial score (nSPS) is 10.4. The lowest BCUT2D eigenvalue weighted by Gasteiger charge is -2.10. The number of aromatic hydroxyl groups is 1. The second-order valence-electron chi connectivity index (χ2n) is 3.86. The van der Waals surface area contributed by atoms with Gasteiger partial charge >= 0.3 is 0 Å². The Morgan fingerprint density at radius 1 is 1.25 bits per heavy atom. The first-order valence-electron chi connectivity index (χ1n) is 5.33. The summed E-state index contributed by atoms with van der Waals surface area (Å²) in [5.74, 6) is -0.588. The van der Waals surface area contributed by atoms with Gasteiger partial charge in [-0.1, -0.05) is 23.2 Å². The number of halogens is 4. The fraction of sp³-hybridized carbons (Fsp3) is 0. The van der Waals surface area contributed by atoms with Gasteiger partial charge in [-0.3, -0.25) is 4.79 Å². The minimum absolute atomic E-state index is 0.0782. The molecule has 2 N–H and O–H groups in total. The number of amides is 1. The van der Waals surface area contributed by atoms with Crippen LogP contribution in [-0.2, 0) is 0 Å². The largest absolute Gasteiger partial charge is 0.504 e. The lowest BCUT2D eigenvalue weighted by atomic mass is 10.2. The molecule has 0 aliphatic carbocycles. The molecule has 0 aromatic heterocycles. The molecule has 0 saturated carbocycles. The van der Waals surface area contributed by atoms with Crippen molar-refractivity contribution in [1.82, 2.24) is 0 Å². The number of hydrogen-bond acceptors (Lipinski definition) is 2. The fourth-order valence-electron chi connectivity index (χ4n) is 1.52. The van der Waals surface area contributed by atoms with Gasteiger partial charge < -0.3 is 10.4 Å². The SMILES string of the molecule is O=C(Nc1cc(Cl)cc(Cl)c1O)c1cc(I)ccc1Br. The van der Waals surface area contributed by atoms with E-state index >= 15 is 0 Å². The van der Waals surface area contributed by atoms with E-state index in [9.17, 15) is 9.90 Å². The van der Waals surface area contributed by atoms with Crippen LogP contribution < -0.4 is 5.32 Å². The van der Waals surface area contributed by atoms with Gasteiger partial charge in [0, 0.05) is 13.1 Å². The van der Waals surface area contributed by atoms with E-state index in [0.29, 0.717) is 15.1 Å². The van der Waals surface area contributed by atoms with Crippen molar-refractivity contribution in [3.8, 4) is 5.75 Å². The molecule has 0 aliphatic rings. The molecule has 2 rings (SSSR count). The summed E-state index contributed by atoms with van der Waals surface area (Å²) in [6.45, 7) is 0. The van der Waals surface area contributed by atoms with Crippen LogP contribution in [0.5, 0.6) is 5.75 Å². The average molecular weight is 487 g/mol. The Hall–Kier alpha value is -0.500. The first-order valence-corrected chi connectivity index (χ1v) is 7.95. The van der Waals surface area contributed by atoms with Gasteiger partial charge in [-0.2, -0.15) is 0 Å². The predicted molar refractivity (Wildman–Crippen MR) is 92.9 cm³/mol. The van der Waals surface area contributed by atoms with Gasteiger partial charge in [0.05, 0.1) is 16.3 Å². The van der Waals surface area contributed by atoms with Crippen LogP contribution in [0.1, 0.15) is 10.4 Å². The molecule has 104 valence electrons. The summed E-state index contributed by atoms with van der Waals surface area (Å²) in [5.41, 5.74) is 0.616. The van der Waals surface area contributed by atoms with Crippen molar-refractivity contribution >= 4 is 73.3 Å². The molecule has 3 nitrogen and oxygen atoms in total. The summed E-state index contributed by atoms with van der Waals surface area (Å²) in [5, 5.41) is 12.8. The van der Waals surface area contributed by atoms with Crippen molar-refractivity contribution in [3.05, 3.63) is 54.0 Å². The Morgan fingerprint density at radius 3 is 2.65 bits per heavy atom. The van der Waals surface area contributed by atoms with E-state index in [1.165, 1.54) is 12.1 Å². The van der Waals surface area contributed by atoms with E-state index in [0.717, 1.165) is 3.57 Å². The second-order valence-corrected chi connectivity index (χ2v) is 6.81. The molecule has 0 atom stereocenters. The number of anilines is 1. The zero-order valence-electron chi connectivity index (χ0n) is 9.75. The molecule has 2 aromatic carbocycles. The molecule has 20 heavy (non-hydrogen) atoms. The Balaban J connectivity index is 2.35. The molecule has 0 aliphatic heterocycles. The third-order valence-corrected chi connectivity index (χ3v) is 4.32. The maximum absolute atomic E-state index is 12.2. The highest BCUT2D eigenvalue weighted by molar-refractivity contribution is 14.1. The van der Waals surface area contributed by atoms with Gasteiger partial charge in [-0.15, -0.1) is 0 Å². The van der Waals surface area contributed by atoms with Crippen LogP contribution in [0.4, 0.5) is 5.69 Å². The monoisotopic (exact) mass is 485 g/mol. The summed E-state index contributed by atoms with van der Waals surface area (Å²) >= 11 is 17.1. The van der Waals surface area contributed by atoms with Gasteiger partial charge in [0.1, 0.15) is 0 Å². The number of phenolic OH excluding ortho intramolecular Hbond substituents is 1. The van der Waals surface area contributed by atoms with Crippen molar-refractivity contribution in [3.63, 3.8) is 0 Å². The topological polar surface area (TPSA) is 49.3 Å². The Kier molecular flexibility index (Phi) is 5.17. The van der Waals surface area contributed by atoms with Crippen LogP contribution in [0.25, 0.3) is 0 Å². The molecule has 2 aromatic rings. The quantitative estimate of drug-likeness (QED) is 0.446. The van der Waals surface area contributed by atoms with E-state index in [-0.39, 0.29) is 22.4 Å². The summed E-state index contributed by atoms with van der Waals surface area (Å²) < 4.78 is 1.58. The van der Waals surface area contributed by atoms with Gasteiger partial charge in [0.2, 0.25) is 0 Å². The first-order chi connectivity index (χ1) is 9.38. The molecular weight excluding hydrogens is 480 g/mol. The number of carbonyl (C=O) groups is 1. The third-order valence-electron chi connectivity index (χ3n) is 2.45. The van der Waals surface area contributed by atoms with Crippen LogP contribution in [0, 0.1) is 3.57 Å². The van der Waals surface area contributed by atoms with E-state index < -0.39 is 0 Å². The minimum atomic E-state index is -0.371. The molecule has 0 radical (unpaired) electrons. The molecule has 0 unspecified atom stereocenters. The fourth-order valence-corrected chi connectivity index (χ4v) is 2.93. The number of phenols is 1. The van der Waals surface area contributed by atoms with Gasteiger partial charge in [0.15, 0.2) is 5.75 Å². The number of benzene rings is 2. The van der Waals surface area contributed by atoms with Crippen molar-refractivity contribution < 1.29 is 9.90 Å². The summed E-state index contributed by atoms with van der Waals surface area (Å²) in [6.07, 6.45) is 0. The minimum Gasteiger partial charge on any atom is -0.504 e. The number of carbonyl (C=O) groups excluding carboxylic acids is 1.